The van der Waals surface area contributed by atoms with Crippen molar-refractivity contribution >= 4 is 22.6 Å². The van der Waals surface area contributed by atoms with E-state index in [4.69, 9.17) is 0 Å². The average molecular weight is 322 g/mol. The van der Waals surface area contributed by atoms with Crippen molar-refractivity contribution in [2.45, 2.75) is 44.9 Å². The monoisotopic (exact) mass is 322 g/mol. The standard InChI is InChI=1S/C10H15IN2O2/c1-5-10(11)6(2)13(12-5)7-3-8(14)9(15)4-7/h7-9,14-15H,3-4H2,1-2H3/t7-,8-,9+. The number of halogens is 1. The molecule has 84 valence electrons. The Bertz CT molecular complexity index is 368. The second-order valence-electron chi connectivity index (χ2n) is 4.19. The van der Waals surface area contributed by atoms with Crippen LogP contribution >= 0.6 is 22.6 Å². The topological polar surface area (TPSA) is 58.3 Å². The van der Waals surface area contributed by atoms with Crippen molar-refractivity contribution in [1.29, 1.82) is 0 Å². The van der Waals surface area contributed by atoms with E-state index in [2.05, 4.69) is 27.7 Å². The Kier molecular flexibility index (Phi) is 3.05. The number of aliphatic hydroxyl groups excluding tert-OH is 2. The van der Waals surface area contributed by atoms with Gasteiger partial charge in [-0.15, -0.1) is 0 Å². The van der Waals surface area contributed by atoms with Crippen LogP contribution in [0.25, 0.3) is 0 Å². The summed E-state index contributed by atoms with van der Waals surface area (Å²) in [4.78, 5) is 0. The maximum Gasteiger partial charge on any atom is 0.0820 e. The van der Waals surface area contributed by atoms with Crippen LogP contribution < -0.4 is 0 Å². The number of nitrogens with zero attached hydrogens (tertiary/aromatic N) is 2. The summed E-state index contributed by atoms with van der Waals surface area (Å²) >= 11 is 2.28. The highest BCUT2D eigenvalue weighted by atomic mass is 127. The van der Waals surface area contributed by atoms with E-state index >= 15 is 0 Å². The first-order valence-corrected chi connectivity index (χ1v) is 6.16. The molecule has 0 amide bonds. The molecule has 0 unspecified atom stereocenters. The number of aliphatic hydroxyl groups is 2. The van der Waals surface area contributed by atoms with Crippen LogP contribution in [0.4, 0.5) is 0 Å². The van der Waals surface area contributed by atoms with Gasteiger partial charge in [-0.2, -0.15) is 5.10 Å². The Morgan fingerprint density at radius 3 is 2.20 bits per heavy atom. The van der Waals surface area contributed by atoms with E-state index in [1.807, 2.05) is 18.5 Å². The zero-order valence-electron chi connectivity index (χ0n) is 8.81. The zero-order chi connectivity index (χ0) is 11.2. The van der Waals surface area contributed by atoms with Crippen molar-refractivity contribution in [3.05, 3.63) is 15.0 Å². The van der Waals surface area contributed by atoms with E-state index < -0.39 is 12.2 Å². The van der Waals surface area contributed by atoms with E-state index in [0.717, 1.165) is 11.4 Å². The Morgan fingerprint density at radius 1 is 1.27 bits per heavy atom. The van der Waals surface area contributed by atoms with Crippen molar-refractivity contribution < 1.29 is 10.2 Å². The van der Waals surface area contributed by atoms with Crippen molar-refractivity contribution in [1.82, 2.24) is 9.78 Å². The minimum Gasteiger partial charge on any atom is -0.390 e. The van der Waals surface area contributed by atoms with E-state index in [9.17, 15) is 10.2 Å². The second-order valence-corrected chi connectivity index (χ2v) is 5.27. The van der Waals surface area contributed by atoms with E-state index in [-0.39, 0.29) is 6.04 Å². The predicted molar refractivity (Wildman–Crippen MR) is 64.7 cm³/mol. The van der Waals surface area contributed by atoms with Crippen molar-refractivity contribution in [2.75, 3.05) is 0 Å². The Morgan fingerprint density at radius 2 is 1.80 bits per heavy atom. The van der Waals surface area contributed by atoms with Crippen LogP contribution in [0.1, 0.15) is 30.3 Å². The van der Waals surface area contributed by atoms with Gasteiger partial charge in [0.25, 0.3) is 0 Å². The molecule has 2 N–H and O–H groups in total. The molecule has 0 bridgehead atoms. The summed E-state index contributed by atoms with van der Waals surface area (Å²) in [5.41, 5.74) is 2.14. The molecular formula is C10H15IN2O2. The van der Waals surface area contributed by atoms with Gasteiger partial charge in [-0.05, 0) is 49.3 Å². The van der Waals surface area contributed by atoms with Gasteiger partial charge in [-0.3, -0.25) is 4.68 Å². The summed E-state index contributed by atoms with van der Waals surface area (Å²) in [6.07, 6.45) is -0.00793. The van der Waals surface area contributed by atoms with Gasteiger partial charge in [-0.25, -0.2) is 0 Å². The van der Waals surface area contributed by atoms with Gasteiger partial charge in [0.1, 0.15) is 0 Å². The van der Waals surface area contributed by atoms with E-state index in [1.54, 1.807) is 0 Å². The molecule has 2 rings (SSSR count). The molecule has 1 fully saturated rings. The molecule has 15 heavy (non-hydrogen) atoms. The number of rotatable bonds is 1. The lowest BCUT2D eigenvalue weighted by Crippen LogP contribution is -2.17. The molecule has 4 nitrogen and oxygen atoms in total. The number of aromatic nitrogens is 2. The largest absolute Gasteiger partial charge is 0.390 e. The van der Waals surface area contributed by atoms with Gasteiger partial charge in [0.05, 0.1) is 27.5 Å². The molecule has 1 heterocycles. The molecule has 0 radical (unpaired) electrons. The molecule has 1 aliphatic carbocycles. The molecule has 5 heteroatoms. The molecule has 0 spiro atoms. The highest BCUT2D eigenvalue weighted by molar-refractivity contribution is 14.1. The molecule has 0 saturated heterocycles. The first-order valence-electron chi connectivity index (χ1n) is 5.08. The van der Waals surface area contributed by atoms with Gasteiger partial charge in [0, 0.05) is 5.69 Å². The van der Waals surface area contributed by atoms with E-state index in [1.165, 1.54) is 3.57 Å². The lowest BCUT2D eigenvalue weighted by atomic mass is 10.2. The molecular weight excluding hydrogens is 307 g/mol. The number of hydrogen-bond acceptors (Lipinski definition) is 3. The van der Waals surface area contributed by atoms with Gasteiger partial charge in [-0.1, -0.05) is 0 Å². The maximum absolute atomic E-state index is 9.50. The molecule has 1 aromatic rings. The molecule has 0 aromatic carbocycles. The van der Waals surface area contributed by atoms with Crippen LogP contribution in [-0.2, 0) is 0 Å². The van der Waals surface area contributed by atoms with Crippen molar-refractivity contribution in [3.8, 4) is 0 Å². The fraction of sp³-hybridized carbons (Fsp3) is 0.700. The van der Waals surface area contributed by atoms with Crippen molar-refractivity contribution in [3.63, 3.8) is 0 Å². The van der Waals surface area contributed by atoms with Gasteiger partial charge >= 0.3 is 0 Å². The zero-order valence-corrected chi connectivity index (χ0v) is 11.0. The van der Waals surface area contributed by atoms with Crippen LogP contribution in [-0.4, -0.2) is 32.2 Å². The van der Waals surface area contributed by atoms with Crippen molar-refractivity contribution in [2.24, 2.45) is 0 Å². The normalized spacial score (nSPS) is 31.1. The third-order valence-electron chi connectivity index (χ3n) is 3.05. The van der Waals surface area contributed by atoms with Gasteiger partial charge in [0.15, 0.2) is 0 Å². The Labute approximate surface area is 102 Å². The predicted octanol–water partition coefficient (Wildman–Crippen LogP) is 1.16. The lowest BCUT2D eigenvalue weighted by Gasteiger charge is -2.11. The highest BCUT2D eigenvalue weighted by Crippen LogP contribution is 2.32. The van der Waals surface area contributed by atoms with Gasteiger partial charge < -0.3 is 10.2 Å². The molecule has 1 saturated carbocycles. The molecule has 1 aliphatic rings. The fourth-order valence-corrected chi connectivity index (χ4v) is 2.52. The molecule has 1 aromatic heterocycles. The average Bonchev–Trinajstić information content (AvgIpc) is 2.63. The summed E-state index contributed by atoms with van der Waals surface area (Å²) in [6, 6.07) is 0.136. The minimum absolute atomic E-state index is 0.136. The second kappa shape index (κ2) is 4.03. The quantitative estimate of drug-likeness (QED) is 0.763. The van der Waals surface area contributed by atoms with Crippen LogP contribution in [0.2, 0.25) is 0 Å². The highest BCUT2D eigenvalue weighted by Gasteiger charge is 2.34. The minimum atomic E-state index is -0.600. The SMILES string of the molecule is Cc1nn([C@@H]2C[C@@H](O)[C@@H](O)C2)c(C)c1I. The number of aryl methyl sites for hydroxylation is 1. The van der Waals surface area contributed by atoms with Crippen LogP contribution in [0, 0.1) is 17.4 Å². The van der Waals surface area contributed by atoms with Gasteiger partial charge in [0.2, 0.25) is 0 Å². The molecule has 0 aliphatic heterocycles. The van der Waals surface area contributed by atoms with Crippen LogP contribution in [0.15, 0.2) is 0 Å². The maximum atomic E-state index is 9.50. The number of hydrogen-bond donors (Lipinski definition) is 2. The van der Waals surface area contributed by atoms with Crippen LogP contribution in [0.5, 0.6) is 0 Å². The summed E-state index contributed by atoms with van der Waals surface area (Å²) in [5, 5.41) is 23.5. The molecule has 3 atom stereocenters. The smallest absolute Gasteiger partial charge is 0.0820 e. The lowest BCUT2D eigenvalue weighted by molar-refractivity contribution is 0.0438. The summed E-state index contributed by atoms with van der Waals surface area (Å²) in [7, 11) is 0. The first-order chi connectivity index (χ1) is 7.00. The summed E-state index contributed by atoms with van der Waals surface area (Å²) < 4.78 is 3.11. The summed E-state index contributed by atoms with van der Waals surface area (Å²) in [5.74, 6) is 0. The van der Waals surface area contributed by atoms with Crippen LogP contribution in [0.3, 0.4) is 0 Å². The Hall–Kier alpha value is -0.140. The first kappa shape index (κ1) is 11.3. The fourth-order valence-electron chi connectivity index (χ4n) is 2.17. The van der Waals surface area contributed by atoms with E-state index in [0.29, 0.717) is 12.8 Å². The Balaban J connectivity index is 2.28. The summed E-state index contributed by atoms with van der Waals surface area (Å²) in [6.45, 7) is 4.01. The third-order valence-corrected chi connectivity index (χ3v) is 4.62. The third kappa shape index (κ3) is 1.92.